The molecule has 1 atom stereocenters. The molecule has 0 saturated heterocycles. The van der Waals surface area contributed by atoms with E-state index >= 15 is 0 Å². The first-order valence-corrected chi connectivity index (χ1v) is 9.58. The highest BCUT2D eigenvalue weighted by atomic mass is 19.1. The maximum absolute atomic E-state index is 13.0. The van der Waals surface area contributed by atoms with Crippen molar-refractivity contribution in [2.45, 2.75) is 13.0 Å². The molecule has 0 fully saturated rings. The molecule has 3 aromatic rings. The van der Waals surface area contributed by atoms with Gasteiger partial charge in [0.1, 0.15) is 12.4 Å². The fraction of sp³-hybridized carbons (Fsp3) is 0.125. The van der Waals surface area contributed by atoms with Gasteiger partial charge in [-0.05, 0) is 43.3 Å². The topological polar surface area (TPSA) is 84.5 Å². The van der Waals surface area contributed by atoms with Crippen LogP contribution < -0.4 is 10.6 Å². The van der Waals surface area contributed by atoms with Crippen LogP contribution >= 0.6 is 0 Å². The van der Waals surface area contributed by atoms with E-state index in [4.69, 9.17) is 4.74 Å². The number of benzene rings is 3. The van der Waals surface area contributed by atoms with Crippen molar-refractivity contribution in [3.8, 4) is 0 Å². The van der Waals surface area contributed by atoms with Crippen LogP contribution in [0.5, 0.6) is 0 Å². The number of nitrogens with one attached hydrogen (secondary N) is 2. The van der Waals surface area contributed by atoms with Crippen molar-refractivity contribution in [3.63, 3.8) is 0 Å². The van der Waals surface area contributed by atoms with E-state index in [2.05, 4.69) is 10.6 Å². The average molecular weight is 420 g/mol. The molecule has 0 aliphatic rings. The SMILES string of the molecule is Cc1ccc(NC(=O)[C@H](OC(=O)CNC(=O)c2ccc(F)cc2)c2ccccc2)cc1. The minimum Gasteiger partial charge on any atom is -0.446 e. The van der Waals surface area contributed by atoms with Gasteiger partial charge in [-0.25, -0.2) is 4.39 Å². The molecular formula is C24H21FN2O4. The number of esters is 1. The molecule has 2 amide bonds. The van der Waals surface area contributed by atoms with Gasteiger partial charge < -0.3 is 15.4 Å². The molecule has 0 heterocycles. The molecule has 0 saturated carbocycles. The van der Waals surface area contributed by atoms with Crippen LogP contribution in [-0.2, 0) is 14.3 Å². The van der Waals surface area contributed by atoms with Gasteiger partial charge in [0.15, 0.2) is 0 Å². The van der Waals surface area contributed by atoms with Crippen LogP contribution in [0.3, 0.4) is 0 Å². The van der Waals surface area contributed by atoms with Crippen molar-refractivity contribution in [1.29, 1.82) is 0 Å². The Morgan fingerprint density at radius 2 is 1.55 bits per heavy atom. The van der Waals surface area contributed by atoms with Gasteiger partial charge in [-0.3, -0.25) is 14.4 Å². The van der Waals surface area contributed by atoms with E-state index in [1.54, 1.807) is 42.5 Å². The highest BCUT2D eigenvalue weighted by molar-refractivity contribution is 5.97. The van der Waals surface area contributed by atoms with Crippen LogP contribution in [0.2, 0.25) is 0 Å². The van der Waals surface area contributed by atoms with Crippen LogP contribution in [0.25, 0.3) is 0 Å². The van der Waals surface area contributed by atoms with Gasteiger partial charge in [0.25, 0.3) is 11.8 Å². The van der Waals surface area contributed by atoms with Gasteiger partial charge >= 0.3 is 5.97 Å². The lowest BCUT2D eigenvalue weighted by Gasteiger charge is -2.18. The summed E-state index contributed by atoms with van der Waals surface area (Å²) >= 11 is 0. The summed E-state index contributed by atoms with van der Waals surface area (Å²) in [7, 11) is 0. The zero-order valence-corrected chi connectivity index (χ0v) is 16.8. The van der Waals surface area contributed by atoms with Gasteiger partial charge in [-0.15, -0.1) is 0 Å². The number of hydrogen-bond acceptors (Lipinski definition) is 4. The number of aryl methyl sites for hydroxylation is 1. The standard InChI is InChI=1S/C24H21FN2O4/c1-16-7-13-20(14-8-16)27-24(30)22(17-5-3-2-4-6-17)31-21(28)15-26-23(29)18-9-11-19(25)12-10-18/h2-14,22H,15H2,1H3,(H,26,29)(H,27,30)/t22-/m1/s1. The molecule has 0 spiro atoms. The molecule has 0 aromatic heterocycles. The van der Waals surface area contributed by atoms with Crippen LogP contribution in [0.1, 0.15) is 27.6 Å². The molecule has 158 valence electrons. The maximum atomic E-state index is 13.0. The predicted molar refractivity (Wildman–Crippen MR) is 114 cm³/mol. The summed E-state index contributed by atoms with van der Waals surface area (Å²) in [5.41, 5.74) is 2.30. The first-order valence-electron chi connectivity index (χ1n) is 9.58. The van der Waals surface area contributed by atoms with E-state index < -0.39 is 36.2 Å². The zero-order chi connectivity index (χ0) is 22.2. The Bertz CT molecular complexity index is 1050. The molecular weight excluding hydrogens is 399 g/mol. The Kier molecular flexibility index (Phi) is 7.11. The number of rotatable bonds is 7. The molecule has 0 radical (unpaired) electrons. The predicted octanol–water partition coefficient (Wildman–Crippen LogP) is 3.79. The Morgan fingerprint density at radius 1 is 0.903 bits per heavy atom. The van der Waals surface area contributed by atoms with Gasteiger partial charge in [0, 0.05) is 16.8 Å². The van der Waals surface area contributed by atoms with Gasteiger partial charge in [0.2, 0.25) is 6.10 Å². The van der Waals surface area contributed by atoms with Crippen molar-refractivity contribution < 1.29 is 23.5 Å². The number of carbonyl (C=O) groups is 3. The number of amides is 2. The highest BCUT2D eigenvalue weighted by Gasteiger charge is 2.25. The van der Waals surface area contributed by atoms with Crippen molar-refractivity contribution in [2.24, 2.45) is 0 Å². The number of ether oxygens (including phenoxy) is 1. The van der Waals surface area contributed by atoms with Crippen LogP contribution in [-0.4, -0.2) is 24.3 Å². The molecule has 6 nitrogen and oxygen atoms in total. The summed E-state index contributed by atoms with van der Waals surface area (Å²) in [5.74, 6) is -2.34. The van der Waals surface area contributed by atoms with Crippen molar-refractivity contribution >= 4 is 23.5 Å². The normalized spacial score (nSPS) is 11.3. The third-order valence-electron chi connectivity index (χ3n) is 4.41. The quantitative estimate of drug-likeness (QED) is 0.570. The number of carbonyl (C=O) groups excluding carboxylic acids is 3. The van der Waals surface area contributed by atoms with E-state index in [9.17, 15) is 18.8 Å². The Morgan fingerprint density at radius 3 is 2.19 bits per heavy atom. The van der Waals surface area contributed by atoms with E-state index in [-0.39, 0.29) is 5.56 Å². The molecule has 0 unspecified atom stereocenters. The molecule has 0 aliphatic heterocycles. The van der Waals surface area contributed by atoms with Crippen LogP contribution in [0.15, 0.2) is 78.9 Å². The second-order valence-electron chi connectivity index (χ2n) is 6.83. The van der Waals surface area contributed by atoms with E-state index in [0.717, 1.165) is 17.7 Å². The minimum atomic E-state index is -1.20. The largest absolute Gasteiger partial charge is 0.446 e. The lowest BCUT2D eigenvalue weighted by atomic mass is 10.1. The van der Waals surface area contributed by atoms with Gasteiger partial charge in [0.05, 0.1) is 0 Å². The zero-order valence-electron chi connectivity index (χ0n) is 16.8. The van der Waals surface area contributed by atoms with Crippen LogP contribution in [0.4, 0.5) is 10.1 Å². The number of anilines is 1. The fourth-order valence-electron chi connectivity index (χ4n) is 2.77. The lowest BCUT2D eigenvalue weighted by molar-refractivity contribution is -0.153. The van der Waals surface area contributed by atoms with Gasteiger partial charge in [-0.1, -0.05) is 48.0 Å². The molecule has 3 aromatic carbocycles. The van der Waals surface area contributed by atoms with Crippen molar-refractivity contribution in [3.05, 3.63) is 101 Å². The minimum absolute atomic E-state index is 0.200. The fourth-order valence-corrected chi connectivity index (χ4v) is 2.77. The van der Waals surface area contributed by atoms with Crippen molar-refractivity contribution in [2.75, 3.05) is 11.9 Å². The maximum Gasteiger partial charge on any atom is 0.326 e. The monoisotopic (exact) mass is 420 g/mol. The summed E-state index contributed by atoms with van der Waals surface area (Å²) in [6.45, 7) is 1.48. The second kappa shape index (κ2) is 10.2. The first kappa shape index (κ1) is 21.7. The lowest BCUT2D eigenvalue weighted by Crippen LogP contribution is -2.33. The smallest absolute Gasteiger partial charge is 0.326 e. The summed E-state index contributed by atoms with van der Waals surface area (Å²) in [6.07, 6.45) is -1.20. The Balaban J connectivity index is 1.65. The summed E-state index contributed by atoms with van der Waals surface area (Å²) in [5, 5.41) is 5.13. The highest BCUT2D eigenvalue weighted by Crippen LogP contribution is 2.20. The summed E-state index contributed by atoms with van der Waals surface area (Å²) in [6, 6.07) is 20.7. The summed E-state index contributed by atoms with van der Waals surface area (Å²) in [4.78, 5) is 37.3. The molecule has 31 heavy (non-hydrogen) atoms. The van der Waals surface area contributed by atoms with Gasteiger partial charge in [-0.2, -0.15) is 0 Å². The molecule has 3 rings (SSSR count). The first-order chi connectivity index (χ1) is 14.9. The molecule has 7 heteroatoms. The Hall–Kier alpha value is -4.00. The molecule has 2 N–H and O–H groups in total. The molecule has 0 aliphatic carbocycles. The second-order valence-corrected chi connectivity index (χ2v) is 6.83. The third-order valence-corrected chi connectivity index (χ3v) is 4.41. The number of halogens is 1. The van der Waals surface area contributed by atoms with E-state index in [0.29, 0.717) is 11.3 Å². The van der Waals surface area contributed by atoms with E-state index in [1.165, 1.54) is 12.1 Å². The van der Waals surface area contributed by atoms with Crippen molar-refractivity contribution in [1.82, 2.24) is 5.32 Å². The van der Waals surface area contributed by atoms with Crippen LogP contribution in [0, 0.1) is 12.7 Å². The summed E-state index contributed by atoms with van der Waals surface area (Å²) < 4.78 is 18.4. The molecule has 0 bridgehead atoms. The average Bonchev–Trinajstić information content (AvgIpc) is 2.78. The number of hydrogen-bond donors (Lipinski definition) is 2. The Labute approximate surface area is 179 Å². The third kappa shape index (κ3) is 6.24. The van der Waals surface area contributed by atoms with E-state index in [1.807, 2.05) is 19.1 Å².